The van der Waals surface area contributed by atoms with E-state index in [9.17, 15) is 9.59 Å². The number of nitrogens with zero attached hydrogens (tertiary/aromatic N) is 1. The lowest BCUT2D eigenvalue weighted by Gasteiger charge is -2.23. The van der Waals surface area contributed by atoms with E-state index in [1.807, 2.05) is 74.5 Å². The number of aryl methyl sites for hydroxylation is 2. The number of carbonyl (C=O) groups excluding carboxylic acids is 1. The SMILES string of the molecule is Cc1ccc(C(=O)c2cccc(OC(CCN(C)CC(=O)O)c3ccc(C)cc3)c2)cc1. The molecule has 0 fully saturated rings. The van der Waals surface area contributed by atoms with Gasteiger partial charge in [0.1, 0.15) is 11.9 Å². The molecule has 0 heterocycles. The molecular formula is C27H29NO4. The van der Waals surface area contributed by atoms with E-state index in [0.29, 0.717) is 29.8 Å². The predicted molar refractivity (Wildman–Crippen MR) is 125 cm³/mol. The number of benzene rings is 3. The Morgan fingerprint density at radius 3 is 2.16 bits per heavy atom. The van der Waals surface area contributed by atoms with Gasteiger partial charge in [0, 0.05) is 24.1 Å². The lowest BCUT2D eigenvalue weighted by Crippen LogP contribution is -2.28. The molecule has 3 aromatic rings. The molecule has 0 aliphatic carbocycles. The molecule has 0 saturated carbocycles. The molecular weight excluding hydrogens is 402 g/mol. The Labute approximate surface area is 189 Å². The Kier molecular flexibility index (Phi) is 7.79. The molecule has 0 radical (unpaired) electrons. The molecule has 0 amide bonds. The molecule has 32 heavy (non-hydrogen) atoms. The van der Waals surface area contributed by atoms with Gasteiger partial charge in [-0.2, -0.15) is 0 Å². The van der Waals surface area contributed by atoms with Gasteiger partial charge in [-0.3, -0.25) is 14.5 Å². The van der Waals surface area contributed by atoms with Crippen LogP contribution in [0.3, 0.4) is 0 Å². The number of ketones is 1. The Balaban J connectivity index is 1.79. The van der Waals surface area contributed by atoms with Crippen LogP contribution >= 0.6 is 0 Å². The molecule has 0 saturated heterocycles. The topological polar surface area (TPSA) is 66.8 Å². The number of carboxylic acid groups (broad SMARTS) is 1. The van der Waals surface area contributed by atoms with Crippen LogP contribution in [0.5, 0.6) is 5.75 Å². The van der Waals surface area contributed by atoms with Crippen LogP contribution in [0.4, 0.5) is 0 Å². The van der Waals surface area contributed by atoms with Crippen molar-refractivity contribution in [2.75, 3.05) is 20.1 Å². The molecule has 3 aromatic carbocycles. The summed E-state index contributed by atoms with van der Waals surface area (Å²) >= 11 is 0. The zero-order chi connectivity index (χ0) is 23.1. The van der Waals surface area contributed by atoms with Gasteiger partial charge >= 0.3 is 5.97 Å². The van der Waals surface area contributed by atoms with Crippen molar-refractivity contribution in [3.8, 4) is 5.75 Å². The summed E-state index contributed by atoms with van der Waals surface area (Å²) in [6.07, 6.45) is 0.347. The van der Waals surface area contributed by atoms with E-state index in [0.717, 1.165) is 16.7 Å². The van der Waals surface area contributed by atoms with Crippen molar-refractivity contribution < 1.29 is 19.4 Å². The van der Waals surface area contributed by atoms with Crippen LogP contribution < -0.4 is 4.74 Å². The zero-order valence-corrected chi connectivity index (χ0v) is 18.7. The number of likely N-dealkylation sites (N-methyl/N-ethyl adjacent to an activating group) is 1. The fourth-order valence-corrected chi connectivity index (χ4v) is 3.47. The molecule has 1 atom stereocenters. The zero-order valence-electron chi connectivity index (χ0n) is 18.7. The van der Waals surface area contributed by atoms with Crippen LogP contribution in [0.25, 0.3) is 0 Å². The second-order valence-electron chi connectivity index (χ2n) is 8.16. The van der Waals surface area contributed by atoms with E-state index in [-0.39, 0.29) is 18.4 Å². The minimum atomic E-state index is -0.859. The first-order valence-electron chi connectivity index (χ1n) is 10.7. The van der Waals surface area contributed by atoms with Gasteiger partial charge in [-0.1, -0.05) is 71.8 Å². The number of carboxylic acids is 1. The second kappa shape index (κ2) is 10.7. The highest BCUT2D eigenvalue weighted by Gasteiger charge is 2.17. The number of ether oxygens (including phenoxy) is 1. The molecule has 0 aromatic heterocycles. The van der Waals surface area contributed by atoms with E-state index < -0.39 is 5.97 Å². The summed E-state index contributed by atoms with van der Waals surface area (Å²) in [4.78, 5) is 25.6. The van der Waals surface area contributed by atoms with E-state index in [4.69, 9.17) is 9.84 Å². The third-order valence-corrected chi connectivity index (χ3v) is 5.32. The molecule has 5 heteroatoms. The highest BCUT2D eigenvalue weighted by Crippen LogP contribution is 2.27. The molecule has 0 spiro atoms. The summed E-state index contributed by atoms with van der Waals surface area (Å²) < 4.78 is 6.32. The first kappa shape index (κ1) is 23.2. The van der Waals surface area contributed by atoms with E-state index in [1.165, 1.54) is 0 Å². The summed E-state index contributed by atoms with van der Waals surface area (Å²) in [5.41, 5.74) is 4.47. The lowest BCUT2D eigenvalue weighted by atomic mass is 10.0. The van der Waals surface area contributed by atoms with Crippen LogP contribution in [0.2, 0.25) is 0 Å². The second-order valence-corrected chi connectivity index (χ2v) is 8.16. The Bertz CT molecular complexity index is 1060. The summed E-state index contributed by atoms with van der Waals surface area (Å²) in [7, 11) is 1.78. The van der Waals surface area contributed by atoms with Gasteiger partial charge in [-0.15, -0.1) is 0 Å². The van der Waals surface area contributed by atoms with Gasteiger partial charge in [0.15, 0.2) is 5.78 Å². The first-order chi connectivity index (χ1) is 15.3. The van der Waals surface area contributed by atoms with E-state index >= 15 is 0 Å². The number of hydrogen-bond donors (Lipinski definition) is 1. The van der Waals surface area contributed by atoms with Crippen LogP contribution in [0.15, 0.2) is 72.8 Å². The van der Waals surface area contributed by atoms with Crippen molar-refractivity contribution in [3.05, 3.63) is 101 Å². The number of aliphatic carboxylic acids is 1. The molecule has 0 aliphatic rings. The Morgan fingerprint density at radius 1 is 0.906 bits per heavy atom. The molecule has 3 rings (SSSR count). The maximum atomic E-state index is 12.9. The van der Waals surface area contributed by atoms with E-state index in [2.05, 4.69) is 0 Å². The minimum absolute atomic E-state index is 0.0266. The average molecular weight is 432 g/mol. The number of rotatable bonds is 10. The monoisotopic (exact) mass is 431 g/mol. The third kappa shape index (κ3) is 6.53. The molecule has 166 valence electrons. The number of hydrogen-bond acceptors (Lipinski definition) is 4. The highest BCUT2D eigenvalue weighted by molar-refractivity contribution is 6.09. The normalized spacial score (nSPS) is 11.9. The standard InChI is InChI=1S/C27H29NO4/c1-19-7-11-21(12-8-19)25(15-16-28(3)18-26(29)30)32-24-6-4-5-23(17-24)27(31)22-13-9-20(2)10-14-22/h4-14,17,25H,15-16,18H2,1-3H3,(H,29,30). The van der Waals surface area contributed by atoms with Crippen LogP contribution in [-0.2, 0) is 4.79 Å². The molecule has 1 N–H and O–H groups in total. The molecule has 1 unspecified atom stereocenters. The lowest BCUT2D eigenvalue weighted by molar-refractivity contribution is -0.138. The van der Waals surface area contributed by atoms with Crippen molar-refractivity contribution in [2.45, 2.75) is 26.4 Å². The molecule has 5 nitrogen and oxygen atoms in total. The van der Waals surface area contributed by atoms with Crippen molar-refractivity contribution in [2.24, 2.45) is 0 Å². The van der Waals surface area contributed by atoms with Gasteiger partial charge in [0.2, 0.25) is 0 Å². The summed E-state index contributed by atoms with van der Waals surface area (Å²) in [6.45, 7) is 4.55. The summed E-state index contributed by atoms with van der Waals surface area (Å²) in [5, 5.41) is 9.02. The van der Waals surface area contributed by atoms with Crippen molar-refractivity contribution in [1.82, 2.24) is 4.90 Å². The van der Waals surface area contributed by atoms with Crippen molar-refractivity contribution >= 4 is 11.8 Å². The largest absolute Gasteiger partial charge is 0.486 e. The van der Waals surface area contributed by atoms with Gasteiger partial charge in [0.05, 0.1) is 6.54 Å². The van der Waals surface area contributed by atoms with Gasteiger partial charge < -0.3 is 9.84 Å². The van der Waals surface area contributed by atoms with Gasteiger partial charge in [-0.25, -0.2) is 0 Å². The van der Waals surface area contributed by atoms with Crippen LogP contribution in [0.1, 0.15) is 45.1 Å². The molecule has 0 bridgehead atoms. The Morgan fingerprint density at radius 2 is 1.53 bits per heavy atom. The van der Waals surface area contributed by atoms with Gasteiger partial charge in [-0.05, 0) is 38.6 Å². The molecule has 0 aliphatic heterocycles. The van der Waals surface area contributed by atoms with E-state index in [1.54, 1.807) is 24.1 Å². The smallest absolute Gasteiger partial charge is 0.317 e. The minimum Gasteiger partial charge on any atom is -0.486 e. The fraction of sp³-hybridized carbons (Fsp3) is 0.259. The quantitative estimate of drug-likeness (QED) is 0.455. The third-order valence-electron chi connectivity index (χ3n) is 5.32. The Hall–Kier alpha value is -3.44. The summed E-state index contributed by atoms with van der Waals surface area (Å²) in [6, 6.07) is 22.8. The highest BCUT2D eigenvalue weighted by atomic mass is 16.5. The maximum Gasteiger partial charge on any atom is 0.317 e. The predicted octanol–water partition coefficient (Wildman–Crippen LogP) is 5.06. The maximum absolute atomic E-state index is 12.9. The van der Waals surface area contributed by atoms with Crippen molar-refractivity contribution in [3.63, 3.8) is 0 Å². The van der Waals surface area contributed by atoms with Crippen LogP contribution in [-0.4, -0.2) is 41.9 Å². The number of carbonyl (C=O) groups is 2. The van der Waals surface area contributed by atoms with Crippen molar-refractivity contribution in [1.29, 1.82) is 0 Å². The average Bonchev–Trinajstić information content (AvgIpc) is 2.77. The first-order valence-corrected chi connectivity index (χ1v) is 10.7. The fourth-order valence-electron chi connectivity index (χ4n) is 3.47. The van der Waals surface area contributed by atoms with Gasteiger partial charge in [0.25, 0.3) is 0 Å². The summed E-state index contributed by atoms with van der Waals surface area (Å²) in [5.74, 6) is -0.305. The van der Waals surface area contributed by atoms with Crippen LogP contribution in [0, 0.1) is 13.8 Å².